The first-order valence-corrected chi connectivity index (χ1v) is 2.97. The van der Waals surface area contributed by atoms with E-state index in [2.05, 4.69) is 4.99 Å². The number of nitrogens with two attached hydrogens (primary N) is 1. The van der Waals surface area contributed by atoms with E-state index in [9.17, 15) is 0 Å². The van der Waals surface area contributed by atoms with Crippen LogP contribution >= 0.6 is 0 Å². The van der Waals surface area contributed by atoms with Crippen molar-refractivity contribution in [3.05, 3.63) is 0 Å². The van der Waals surface area contributed by atoms with Crippen molar-refractivity contribution >= 4 is 6.21 Å². The zero-order valence-corrected chi connectivity index (χ0v) is 5.59. The molecule has 0 amide bonds. The van der Waals surface area contributed by atoms with Gasteiger partial charge in [0.05, 0.1) is 0 Å². The summed E-state index contributed by atoms with van der Waals surface area (Å²) in [6.45, 7) is 4.78. The Labute approximate surface area is 50.8 Å². The average Bonchev–Trinajstić information content (AvgIpc) is 1.66. The number of nitrogens with zero attached hydrogens (tertiary/aromatic N) is 1. The summed E-state index contributed by atoms with van der Waals surface area (Å²) in [4.78, 5) is 4.01. The zero-order chi connectivity index (χ0) is 6.41. The molecular weight excluding hydrogens is 100 g/mol. The number of aliphatic imine (C=N–C) groups is 1. The van der Waals surface area contributed by atoms with Crippen molar-refractivity contribution in [3.8, 4) is 0 Å². The topological polar surface area (TPSA) is 38.4 Å². The molecule has 0 aromatic rings. The fraction of sp³-hybridized carbons (Fsp3) is 0.833. The SMILES string of the molecule is C/C=N\CCC(C)N. The Morgan fingerprint density at radius 1 is 1.75 bits per heavy atom. The second-order valence-electron chi connectivity index (χ2n) is 1.93. The smallest absolute Gasteiger partial charge is 0.0399 e. The van der Waals surface area contributed by atoms with Crippen molar-refractivity contribution < 1.29 is 0 Å². The molecular formula is C6H14N2. The van der Waals surface area contributed by atoms with Crippen molar-refractivity contribution in [1.82, 2.24) is 0 Å². The molecule has 0 aliphatic carbocycles. The predicted molar refractivity (Wildman–Crippen MR) is 37.3 cm³/mol. The molecule has 0 rings (SSSR count). The minimum Gasteiger partial charge on any atom is -0.328 e. The molecule has 2 heteroatoms. The van der Waals surface area contributed by atoms with E-state index in [4.69, 9.17) is 5.73 Å². The highest BCUT2D eigenvalue weighted by Gasteiger charge is 1.88. The minimum atomic E-state index is 0.290. The summed E-state index contributed by atoms with van der Waals surface area (Å²) in [5.74, 6) is 0. The van der Waals surface area contributed by atoms with Gasteiger partial charge in [0.15, 0.2) is 0 Å². The highest BCUT2D eigenvalue weighted by atomic mass is 14.7. The van der Waals surface area contributed by atoms with Crippen LogP contribution in [0.1, 0.15) is 20.3 Å². The summed E-state index contributed by atoms with van der Waals surface area (Å²) in [5.41, 5.74) is 5.46. The van der Waals surface area contributed by atoms with Gasteiger partial charge in [0.1, 0.15) is 0 Å². The van der Waals surface area contributed by atoms with E-state index < -0.39 is 0 Å². The molecule has 1 unspecified atom stereocenters. The Morgan fingerprint density at radius 2 is 2.38 bits per heavy atom. The lowest BCUT2D eigenvalue weighted by Gasteiger charge is -1.98. The van der Waals surface area contributed by atoms with E-state index in [0.717, 1.165) is 13.0 Å². The van der Waals surface area contributed by atoms with Crippen LogP contribution in [0.15, 0.2) is 4.99 Å². The van der Waals surface area contributed by atoms with Crippen molar-refractivity contribution in [2.24, 2.45) is 10.7 Å². The molecule has 0 aliphatic rings. The largest absolute Gasteiger partial charge is 0.328 e. The molecule has 48 valence electrons. The van der Waals surface area contributed by atoms with Crippen LogP contribution in [0.3, 0.4) is 0 Å². The molecule has 1 atom stereocenters. The van der Waals surface area contributed by atoms with Crippen LogP contribution in [0.5, 0.6) is 0 Å². The van der Waals surface area contributed by atoms with Gasteiger partial charge in [-0.15, -0.1) is 0 Å². The fourth-order valence-electron chi connectivity index (χ4n) is 0.407. The Kier molecular flexibility index (Phi) is 4.56. The molecule has 0 heterocycles. The molecule has 0 aromatic heterocycles. The number of hydrogen-bond donors (Lipinski definition) is 1. The van der Waals surface area contributed by atoms with E-state index in [0.29, 0.717) is 6.04 Å². The first-order valence-electron chi connectivity index (χ1n) is 2.97. The Morgan fingerprint density at radius 3 is 2.75 bits per heavy atom. The molecule has 0 aromatic carbocycles. The van der Waals surface area contributed by atoms with Crippen molar-refractivity contribution in [2.45, 2.75) is 26.3 Å². The second-order valence-corrected chi connectivity index (χ2v) is 1.93. The lowest BCUT2D eigenvalue weighted by molar-refractivity contribution is 0.678. The lowest BCUT2D eigenvalue weighted by atomic mass is 10.3. The first kappa shape index (κ1) is 7.63. The van der Waals surface area contributed by atoms with Gasteiger partial charge in [-0.1, -0.05) is 0 Å². The van der Waals surface area contributed by atoms with E-state index in [1.54, 1.807) is 0 Å². The first-order chi connectivity index (χ1) is 3.77. The third-order valence-electron chi connectivity index (χ3n) is 0.896. The van der Waals surface area contributed by atoms with Crippen LogP contribution < -0.4 is 5.73 Å². The molecule has 0 spiro atoms. The Balaban J connectivity index is 2.93. The van der Waals surface area contributed by atoms with Gasteiger partial charge in [-0.2, -0.15) is 0 Å². The van der Waals surface area contributed by atoms with Gasteiger partial charge in [0.25, 0.3) is 0 Å². The monoisotopic (exact) mass is 114 g/mol. The highest BCUT2D eigenvalue weighted by Crippen LogP contribution is 1.84. The van der Waals surface area contributed by atoms with Crippen LogP contribution in [0.4, 0.5) is 0 Å². The van der Waals surface area contributed by atoms with Gasteiger partial charge in [0, 0.05) is 12.6 Å². The highest BCUT2D eigenvalue weighted by molar-refractivity contribution is 5.53. The van der Waals surface area contributed by atoms with Gasteiger partial charge < -0.3 is 5.73 Å². The normalized spacial score (nSPS) is 14.9. The summed E-state index contributed by atoms with van der Waals surface area (Å²) in [6.07, 6.45) is 2.80. The summed E-state index contributed by atoms with van der Waals surface area (Å²) in [7, 11) is 0. The van der Waals surface area contributed by atoms with Crippen LogP contribution in [-0.4, -0.2) is 18.8 Å². The van der Waals surface area contributed by atoms with Gasteiger partial charge in [0.2, 0.25) is 0 Å². The molecule has 0 fully saturated rings. The quantitative estimate of drug-likeness (QED) is 0.542. The Hall–Kier alpha value is -0.370. The molecule has 0 aliphatic heterocycles. The molecule has 0 saturated heterocycles. The molecule has 0 bridgehead atoms. The van der Waals surface area contributed by atoms with Crippen LogP contribution in [0.25, 0.3) is 0 Å². The summed E-state index contributed by atoms with van der Waals surface area (Å²) in [6, 6.07) is 0.290. The molecule has 2 N–H and O–H groups in total. The summed E-state index contributed by atoms with van der Waals surface area (Å²) in [5, 5.41) is 0. The van der Waals surface area contributed by atoms with Crippen molar-refractivity contribution in [1.29, 1.82) is 0 Å². The van der Waals surface area contributed by atoms with Gasteiger partial charge in [-0.25, -0.2) is 0 Å². The predicted octanol–water partition coefficient (Wildman–Crippen LogP) is 0.814. The van der Waals surface area contributed by atoms with E-state index in [-0.39, 0.29) is 0 Å². The lowest BCUT2D eigenvalue weighted by Crippen LogP contribution is -2.15. The standard InChI is InChI=1S/C6H14N2/c1-3-8-5-4-6(2)7/h3,6H,4-5,7H2,1-2H3/b8-3-. The van der Waals surface area contributed by atoms with Crippen LogP contribution in [0.2, 0.25) is 0 Å². The van der Waals surface area contributed by atoms with Gasteiger partial charge in [-0.3, -0.25) is 4.99 Å². The third-order valence-corrected chi connectivity index (χ3v) is 0.896. The average molecular weight is 114 g/mol. The van der Waals surface area contributed by atoms with E-state index in [1.807, 2.05) is 20.1 Å². The molecule has 2 nitrogen and oxygen atoms in total. The fourth-order valence-corrected chi connectivity index (χ4v) is 0.407. The number of rotatable bonds is 3. The second kappa shape index (κ2) is 4.78. The summed E-state index contributed by atoms with van der Waals surface area (Å²) < 4.78 is 0. The van der Waals surface area contributed by atoms with E-state index in [1.165, 1.54) is 0 Å². The maximum absolute atomic E-state index is 5.46. The molecule has 0 saturated carbocycles. The van der Waals surface area contributed by atoms with Gasteiger partial charge in [-0.05, 0) is 26.5 Å². The van der Waals surface area contributed by atoms with Crippen LogP contribution in [0, 0.1) is 0 Å². The minimum absolute atomic E-state index is 0.290. The van der Waals surface area contributed by atoms with Crippen molar-refractivity contribution in [3.63, 3.8) is 0 Å². The number of hydrogen-bond acceptors (Lipinski definition) is 2. The zero-order valence-electron chi connectivity index (χ0n) is 5.59. The van der Waals surface area contributed by atoms with Gasteiger partial charge >= 0.3 is 0 Å². The Bertz CT molecular complexity index is 66.9. The maximum Gasteiger partial charge on any atom is 0.0399 e. The maximum atomic E-state index is 5.46. The van der Waals surface area contributed by atoms with Crippen molar-refractivity contribution in [2.75, 3.05) is 6.54 Å². The third kappa shape index (κ3) is 5.63. The van der Waals surface area contributed by atoms with Crippen LogP contribution in [-0.2, 0) is 0 Å². The molecule has 8 heavy (non-hydrogen) atoms. The summed E-state index contributed by atoms with van der Waals surface area (Å²) >= 11 is 0. The molecule has 0 radical (unpaired) electrons. The van der Waals surface area contributed by atoms with E-state index >= 15 is 0 Å².